The van der Waals surface area contributed by atoms with Crippen LogP contribution in [0.25, 0.3) is 22.8 Å². The molecule has 0 saturated carbocycles. The zero-order chi connectivity index (χ0) is 19.3. The number of nitrogens with zero attached hydrogens (tertiary/aromatic N) is 4. The van der Waals surface area contributed by atoms with Crippen molar-refractivity contribution in [3.05, 3.63) is 84.5 Å². The zero-order valence-corrected chi connectivity index (χ0v) is 15.6. The van der Waals surface area contributed by atoms with Gasteiger partial charge in [0.15, 0.2) is 0 Å². The number of amides is 1. The molecule has 4 aromatic rings. The van der Waals surface area contributed by atoms with Crippen molar-refractivity contribution in [1.29, 1.82) is 0 Å². The molecule has 4 rings (SSSR count). The number of carbonyl (C=O) groups excluding carboxylic acids is 1. The molecule has 140 valence electrons. The number of nitrogens with one attached hydrogen (secondary N) is 1. The van der Waals surface area contributed by atoms with Crippen LogP contribution in [0.5, 0.6) is 0 Å². The van der Waals surface area contributed by atoms with E-state index in [-0.39, 0.29) is 5.91 Å². The summed E-state index contributed by atoms with van der Waals surface area (Å²) in [6, 6.07) is 17.9. The Balaban J connectivity index is 1.33. The summed E-state index contributed by atoms with van der Waals surface area (Å²) < 4.78 is 3.90. The number of rotatable bonds is 6. The van der Waals surface area contributed by atoms with Crippen LogP contribution < -0.4 is 5.32 Å². The Kier molecular flexibility index (Phi) is 5.01. The number of para-hydroxylation sites is 3. The Morgan fingerprint density at radius 2 is 1.89 bits per heavy atom. The fourth-order valence-electron chi connectivity index (χ4n) is 3.14. The van der Waals surface area contributed by atoms with Crippen molar-refractivity contribution in [2.45, 2.75) is 13.5 Å². The molecule has 0 aliphatic carbocycles. The van der Waals surface area contributed by atoms with Gasteiger partial charge in [-0.05, 0) is 37.3 Å². The second-order valence-corrected chi connectivity index (χ2v) is 6.48. The van der Waals surface area contributed by atoms with Crippen molar-refractivity contribution in [3.63, 3.8) is 0 Å². The molecule has 1 N–H and O–H groups in total. The highest BCUT2D eigenvalue weighted by molar-refractivity contribution is 5.91. The molecule has 0 saturated heterocycles. The van der Waals surface area contributed by atoms with E-state index < -0.39 is 0 Å². The molecule has 0 aliphatic rings. The third-order valence-corrected chi connectivity index (χ3v) is 4.53. The normalized spacial score (nSPS) is 11.3. The number of fused-ring (bicyclic) bond motifs is 1. The third kappa shape index (κ3) is 3.86. The Morgan fingerprint density at radius 3 is 2.75 bits per heavy atom. The molecule has 2 heterocycles. The van der Waals surface area contributed by atoms with Crippen LogP contribution in [0.15, 0.2) is 73.1 Å². The summed E-state index contributed by atoms with van der Waals surface area (Å²) in [6.07, 6.45) is 6.92. The first-order valence-electron chi connectivity index (χ1n) is 9.18. The molecule has 0 spiro atoms. The highest BCUT2D eigenvalue weighted by atomic mass is 16.1. The van der Waals surface area contributed by atoms with Crippen LogP contribution in [0.1, 0.15) is 11.4 Å². The maximum Gasteiger partial charge on any atom is 0.244 e. The van der Waals surface area contributed by atoms with Gasteiger partial charge >= 0.3 is 0 Å². The van der Waals surface area contributed by atoms with E-state index in [0.29, 0.717) is 13.1 Å². The smallest absolute Gasteiger partial charge is 0.244 e. The van der Waals surface area contributed by atoms with Gasteiger partial charge in [-0.25, -0.2) is 9.67 Å². The minimum atomic E-state index is -0.130. The van der Waals surface area contributed by atoms with E-state index in [9.17, 15) is 4.79 Å². The number of aromatic nitrogens is 4. The Morgan fingerprint density at radius 1 is 1.11 bits per heavy atom. The first kappa shape index (κ1) is 17.7. The van der Waals surface area contributed by atoms with E-state index in [1.54, 1.807) is 17.0 Å². The lowest BCUT2D eigenvalue weighted by Gasteiger charge is -2.07. The topological polar surface area (TPSA) is 64.7 Å². The summed E-state index contributed by atoms with van der Waals surface area (Å²) in [5.41, 5.74) is 3.91. The van der Waals surface area contributed by atoms with Crippen LogP contribution in [0.4, 0.5) is 0 Å². The van der Waals surface area contributed by atoms with Crippen LogP contribution in [0.3, 0.4) is 0 Å². The molecule has 0 fully saturated rings. The lowest BCUT2D eigenvalue weighted by atomic mass is 10.3. The number of hydrogen-bond acceptors (Lipinski definition) is 3. The van der Waals surface area contributed by atoms with Crippen LogP contribution >= 0.6 is 0 Å². The minimum absolute atomic E-state index is 0.130. The summed E-state index contributed by atoms with van der Waals surface area (Å²) in [6.45, 7) is 3.19. The third-order valence-electron chi connectivity index (χ3n) is 4.53. The second kappa shape index (κ2) is 7.92. The van der Waals surface area contributed by atoms with Gasteiger partial charge in [-0.15, -0.1) is 0 Å². The molecular formula is C22H21N5O. The Hall–Kier alpha value is -3.67. The van der Waals surface area contributed by atoms with E-state index in [4.69, 9.17) is 0 Å². The van der Waals surface area contributed by atoms with Crippen LogP contribution in [-0.4, -0.2) is 31.8 Å². The number of aryl methyl sites for hydroxylation is 1. The zero-order valence-electron chi connectivity index (χ0n) is 15.6. The van der Waals surface area contributed by atoms with E-state index in [0.717, 1.165) is 28.1 Å². The predicted octanol–water partition coefficient (Wildman–Crippen LogP) is 3.36. The van der Waals surface area contributed by atoms with Gasteiger partial charge in [-0.1, -0.05) is 30.3 Å². The van der Waals surface area contributed by atoms with Gasteiger partial charge in [0.25, 0.3) is 0 Å². The maximum absolute atomic E-state index is 12.1. The van der Waals surface area contributed by atoms with E-state index >= 15 is 0 Å². The SMILES string of the molecule is Cc1nc2ccccc2n1CCNC(=O)/C=C/c1cnn(-c2ccccc2)c1. The van der Waals surface area contributed by atoms with Crippen LogP contribution in [0, 0.1) is 6.92 Å². The largest absolute Gasteiger partial charge is 0.351 e. The Bertz CT molecular complexity index is 1120. The molecule has 2 aromatic heterocycles. The number of carbonyl (C=O) groups is 1. The molecule has 0 atom stereocenters. The molecule has 0 unspecified atom stereocenters. The molecule has 1 amide bonds. The standard InChI is InChI=1S/C22H21N5O/c1-17-25-20-9-5-6-10-21(20)26(17)14-13-23-22(28)12-11-18-15-24-27(16-18)19-7-3-2-4-8-19/h2-12,15-16H,13-14H2,1H3,(H,23,28)/b12-11+. The average Bonchev–Trinajstić information content (AvgIpc) is 3.32. The molecular weight excluding hydrogens is 350 g/mol. The molecule has 0 radical (unpaired) electrons. The molecule has 2 aromatic carbocycles. The van der Waals surface area contributed by atoms with E-state index in [1.807, 2.05) is 67.7 Å². The van der Waals surface area contributed by atoms with E-state index in [1.165, 1.54) is 6.08 Å². The van der Waals surface area contributed by atoms with Crippen molar-refractivity contribution in [3.8, 4) is 5.69 Å². The van der Waals surface area contributed by atoms with Crippen molar-refractivity contribution in [1.82, 2.24) is 24.6 Å². The van der Waals surface area contributed by atoms with E-state index in [2.05, 4.69) is 20.0 Å². The Labute approximate surface area is 163 Å². The molecule has 28 heavy (non-hydrogen) atoms. The maximum atomic E-state index is 12.1. The van der Waals surface area contributed by atoms with Gasteiger partial charge in [0, 0.05) is 30.9 Å². The number of hydrogen-bond donors (Lipinski definition) is 1. The number of benzene rings is 2. The lowest BCUT2D eigenvalue weighted by molar-refractivity contribution is -0.116. The highest BCUT2D eigenvalue weighted by Crippen LogP contribution is 2.14. The van der Waals surface area contributed by atoms with Gasteiger partial charge in [0.1, 0.15) is 5.82 Å². The summed E-state index contributed by atoms with van der Waals surface area (Å²) in [4.78, 5) is 16.7. The lowest BCUT2D eigenvalue weighted by Crippen LogP contribution is -2.25. The fraction of sp³-hybridized carbons (Fsp3) is 0.136. The van der Waals surface area contributed by atoms with Crippen molar-refractivity contribution in [2.24, 2.45) is 0 Å². The van der Waals surface area contributed by atoms with Crippen molar-refractivity contribution >= 4 is 23.0 Å². The summed E-state index contributed by atoms with van der Waals surface area (Å²) in [7, 11) is 0. The first-order chi connectivity index (χ1) is 13.7. The summed E-state index contributed by atoms with van der Waals surface area (Å²) in [5.74, 6) is 0.814. The van der Waals surface area contributed by atoms with Gasteiger partial charge in [-0.3, -0.25) is 4.79 Å². The molecule has 6 nitrogen and oxygen atoms in total. The van der Waals surface area contributed by atoms with Gasteiger partial charge in [0.05, 0.1) is 22.9 Å². The highest BCUT2D eigenvalue weighted by Gasteiger charge is 2.06. The van der Waals surface area contributed by atoms with Crippen molar-refractivity contribution < 1.29 is 4.79 Å². The summed E-state index contributed by atoms with van der Waals surface area (Å²) in [5, 5.41) is 7.24. The minimum Gasteiger partial charge on any atom is -0.351 e. The quantitative estimate of drug-likeness (QED) is 0.529. The second-order valence-electron chi connectivity index (χ2n) is 6.48. The average molecular weight is 371 g/mol. The van der Waals surface area contributed by atoms with Crippen LogP contribution in [-0.2, 0) is 11.3 Å². The first-order valence-corrected chi connectivity index (χ1v) is 9.18. The molecule has 0 bridgehead atoms. The van der Waals surface area contributed by atoms with Crippen molar-refractivity contribution in [2.75, 3.05) is 6.54 Å². The fourth-order valence-corrected chi connectivity index (χ4v) is 3.14. The summed E-state index contributed by atoms with van der Waals surface area (Å²) >= 11 is 0. The molecule has 0 aliphatic heterocycles. The van der Waals surface area contributed by atoms with Crippen LogP contribution in [0.2, 0.25) is 0 Å². The van der Waals surface area contributed by atoms with Gasteiger partial charge < -0.3 is 9.88 Å². The molecule has 6 heteroatoms. The van der Waals surface area contributed by atoms with Gasteiger partial charge in [0.2, 0.25) is 5.91 Å². The number of imidazole rings is 1. The monoisotopic (exact) mass is 371 g/mol. The predicted molar refractivity (Wildman–Crippen MR) is 110 cm³/mol. The van der Waals surface area contributed by atoms with Gasteiger partial charge in [-0.2, -0.15) is 5.10 Å².